The highest BCUT2D eigenvalue weighted by Gasteiger charge is 2.38. The van der Waals surface area contributed by atoms with Gasteiger partial charge in [0.05, 0.1) is 0 Å². The van der Waals surface area contributed by atoms with E-state index in [1.807, 2.05) is 25.2 Å². The largest absolute Gasteiger partial charge is 0.356 e. The number of nitrogens with one attached hydrogen (secondary N) is 2. The molecule has 1 aliphatic heterocycles. The van der Waals surface area contributed by atoms with Crippen LogP contribution in [0.2, 0.25) is 0 Å². The van der Waals surface area contributed by atoms with Crippen molar-refractivity contribution in [2.75, 3.05) is 33.2 Å². The zero-order valence-electron chi connectivity index (χ0n) is 18.6. The van der Waals surface area contributed by atoms with Crippen LogP contribution < -0.4 is 10.6 Å². The molecule has 8 heteroatoms. The first-order chi connectivity index (χ1) is 15.3. The van der Waals surface area contributed by atoms with Gasteiger partial charge in [-0.25, -0.2) is 0 Å². The van der Waals surface area contributed by atoms with Gasteiger partial charge in [-0.3, -0.25) is 14.9 Å². The molecule has 0 radical (unpaired) electrons. The molecule has 0 unspecified atom stereocenters. The molecule has 0 bridgehead atoms. The van der Waals surface area contributed by atoms with Gasteiger partial charge in [0.1, 0.15) is 5.69 Å². The molecular formula is C23H35N7O. The Morgan fingerprint density at radius 1 is 1.10 bits per heavy atom. The number of hydrogen-bond acceptors (Lipinski definition) is 6. The van der Waals surface area contributed by atoms with Gasteiger partial charge >= 0.3 is 0 Å². The van der Waals surface area contributed by atoms with E-state index >= 15 is 0 Å². The predicted molar refractivity (Wildman–Crippen MR) is 122 cm³/mol. The molecule has 2 aromatic heterocycles. The van der Waals surface area contributed by atoms with Crippen LogP contribution in [0.4, 0.5) is 0 Å². The van der Waals surface area contributed by atoms with Gasteiger partial charge in [-0.15, -0.1) is 0 Å². The Labute approximate surface area is 184 Å². The van der Waals surface area contributed by atoms with Gasteiger partial charge in [0.25, 0.3) is 5.89 Å². The maximum Gasteiger partial charge on any atom is 0.276 e. The lowest BCUT2D eigenvalue weighted by Gasteiger charge is -2.48. The fourth-order valence-corrected chi connectivity index (χ4v) is 4.89. The van der Waals surface area contributed by atoms with Crippen molar-refractivity contribution < 1.29 is 4.52 Å². The fraction of sp³-hybridized carbons (Fsp3) is 0.652. The molecule has 2 fully saturated rings. The van der Waals surface area contributed by atoms with Gasteiger partial charge in [-0.1, -0.05) is 36.9 Å². The summed E-state index contributed by atoms with van der Waals surface area (Å²) in [5, 5.41) is 11.1. The first kappa shape index (κ1) is 21.7. The quantitative estimate of drug-likeness (QED) is 0.520. The van der Waals surface area contributed by atoms with E-state index in [4.69, 9.17) is 4.52 Å². The molecule has 0 atom stereocenters. The molecule has 1 saturated carbocycles. The minimum Gasteiger partial charge on any atom is -0.356 e. The number of nitrogens with zero attached hydrogens (tertiary/aromatic N) is 5. The second-order valence-electron chi connectivity index (χ2n) is 8.67. The highest BCUT2D eigenvalue weighted by molar-refractivity contribution is 5.79. The Balaban J connectivity index is 1.28. The van der Waals surface area contributed by atoms with Gasteiger partial charge in [-0.05, 0) is 50.9 Å². The standard InChI is InChI=1S/C23H35N7O/c1-24-22(26-15-11-20-28-21(31-29-20)19-10-4-7-14-25-19)27-18-23(12-5-2-6-13-23)30-16-8-3-9-17-30/h4,7,10,14H,2-3,5-6,8-9,11-13,15-18H2,1H3,(H2,24,26,27). The summed E-state index contributed by atoms with van der Waals surface area (Å²) in [5.74, 6) is 1.97. The van der Waals surface area contributed by atoms with E-state index in [2.05, 4.69) is 35.7 Å². The summed E-state index contributed by atoms with van der Waals surface area (Å²) in [6.07, 6.45) is 13.0. The van der Waals surface area contributed by atoms with E-state index in [0.717, 1.165) is 12.5 Å². The molecule has 8 nitrogen and oxygen atoms in total. The number of piperidine rings is 1. The summed E-state index contributed by atoms with van der Waals surface area (Å²) in [6, 6.07) is 5.64. The summed E-state index contributed by atoms with van der Waals surface area (Å²) in [7, 11) is 1.83. The molecule has 0 amide bonds. The topological polar surface area (TPSA) is 91.5 Å². The highest BCUT2D eigenvalue weighted by Crippen LogP contribution is 2.35. The zero-order chi connectivity index (χ0) is 21.4. The summed E-state index contributed by atoms with van der Waals surface area (Å²) in [6.45, 7) is 4.13. The Hall–Kier alpha value is -2.48. The molecule has 1 aliphatic carbocycles. The molecule has 0 aromatic carbocycles. The second-order valence-corrected chi connectivity index (χ2v) is 8.67. The van der Waals surface area contributed by atoms with Gasteiger partial charge in [-0.2, -0.15) is 4.98 Å². The Morgan fingerprint density at radius 3 is 2.65 bits per heavy atom. The first-order valence-electron chi connectivity index (χ1n) is 11.7. The van der Waals surface area contributed by atoms with Crippen LogP contribution in [0.25, 0.3) is 11.6 Å². The Bertz CT molecular complexity index is 823. The molecule has 4 rings (SSSR count). The molecule has 2 aliphatic rings. The number of hydrogen-bond donors (Lipinski definition) is 2. The van der Waals surface area contributed by atoms with E-state index in [0.29, 0.717) is 30.4 Å². The number of rotatable bonds is 7. The van der Waals surface area contributed by atoms with Gasteiger partial charge in [0, 0.05) is 38.3 Å². The molecule has 31 heavy (non-hydrogen) atoms. The van der Waals surface area contributed by atoms with Crippen LogP contribution >= 0.6 is 0 Å². The SMILES string of the molecule is CN=C(NCCc1noc(-c2ccccn2)n1)NCC1(N2CCCCC2)CCCCC1. The van der Waals surface area contributed by atoms with Gasteiger partial charge in [0.2, 0.25) is 0 Å². The van der Waals surface area contributed by atoms with Crippen LogP contribution in [0.15, 0.2) is 33.9 Å². The van der Waals surface area contributed by atoms with E-state index in [1.54, 1.807) is 6.20 Å². The third-order valence-corrected chi connectivity index (χ3v) is 6.61. The van der Waals surface area contributed by atoms with Crippen LogP contribution in [0.5, 0.6) is 0 Å². The fourth-order valence-electron chi connectivity index (χ4n) is 4.89. The summed E-state index contributed by atoms with van der Waals surface area (Å²) >= 11 is 0. The minimum atomic E-state index is 0.279. The van der Waals surface area contributed by atoms with Crippen molar-refractivity contribution in [3.63, 3.8) is 0 Å². The maximum absolute atomic E-state index is 5.34. The number of guanidine groups is 1. The zero-order valence-corrected chi connectivity index (χ0v) is 18.6. The molecule has 168 valence electrons. The normalized spacial score (nSPS) is 19.8. The Kier molecular flexibility index (Phi) is 7.51. The van der Waals surface area contributed by atoms with Crippen LogP contribution in [0.3, 0.4) is 0 Å². The average Bonchev–Trinajstić information content (AvgIpc) is 3.32. The average molecular weight is 426 g/mol. The van der Waals surface area contributed by atoms with Gasteiger partial charge in [0.15, 0.2) is 11.8 Å². The van der Waals surface area contributed by atoms with Crippen LogP contribution in [-0.2, 0) is 6.42 Å². The summed E-state index contributed by atoms with van der Waals surface area (Å²) < 4.78 is 5.34. The maximum atomic E-state index is 5.34. The van der Waals surface area contributed by atoms with Crippen molar-refractivity contribution in [2.24, 2.45) is 4.99 Å². The second kappa shape index (κ2) is 10.7. The van der Waals surface area contributed by atoms with Crippen molar-refractivity contribution in [2.45, 2.75) is 63.3 Å². The van der Waals surface area contributed by atoms with Crippen molar-refractivity contribution in [3.05, 3.63) is 30.2 Å². The van der Waals surface area contributed by atoms with Crippen LogP contribution in [0, 0.1) is 0 Å². The molecular weight excluding hydrogens is 390 g/mol. The Morgan fingerprint density at radius 2 is 1.90 bits per heavy atom. The van der Waals surface area contributed by atoms with E-state index in [1.165, 1.54) is 64.5 Å². The lowest BCUT2D eigenvalue weighted by atomic mass is 9.79. The summed E-state index contributed by atoms with van der Waals surface area (Å²) in [5.41, 5.74) is 0.976. The van der Waals surface area contributed by atoms with Crippen LogP contribution in [0.1, 0.15) is 57.2 Å². The smallest absolute Gasteiger partial charge is 0.276 e. The number of aliphatic imine (C=N–C) groups is 1. The van der Waals surface area contributed by atoms with Crippen molar-refractivity contribution in [1.82, 2.24) is 30.7 Å². The van der Waals surface area contributed by atoms with Crippen molar-refractivity contribution >= 4 is 5.96 Å². The number of pyridine rings is 1. The molecule has 1 saturated heterocycles. The van der Waals surface area contributed by atoms with Crippen LogP contribution in [-0.4, -0.2) is 64.7 Å². The van der Waals surface area contributed by atoms with E-state index in [-0.39, 0.29) is 5.54 Å². The molecule has 2 N–H and O–H groups in total. The number of aromatic nitrogens is 3. The molecule has 3 heterocycles. The first-order valence-corrected chi connectivity index (χ1v) is 11.7. The predicted octanol–water partition coefficient (Wildman–Crippen LogP) is 3.03. The van der Waals surface area contributed by atoms with Crippen molar-refractivity contribution in [1.29, 1.82) is 0 Å². The van der Waals surface area contributed by atoms with Gasteiger partial charge < -0.3 is 15.2 Å². The highest BCUT2D eigenvalue weighted by atomic mass is 16.5. The molecule has 0 spiro atoms. The monoisotopic (exact) mass is 425 g/mol. The lowest BCUT2D eigenvalue weighted by molar-refractivity contribution is 0.0368. The van der Waals surface area contributed by atoms with Crippen molar-refractivity contribution in [3.8, 4) is 11.6 Å². The third-order valence-electron chi connectivity index (χ3n) is 6.61. The summed E-state index contributed by atoms with van der Waals surface area (Å²) in [4.78, 5) is 15.9. The number of likely N-dealkylation sites (tertiary alicyclic amines) is 1. The lowest BCUT2D eigenvalue weighted by Crippen LogP contribution is -2.59. The van der Waals surface area contributed by atoms with E-state index < -0.39 is 0 Å². The minimum absolute atomic E-state index is 0.279. The molecule has 2 aromatic rings. The van der Waals surface area contributed by atoms with E-state index in [9.17, 15) is 0 Å². The third kappa shape index (κ3) is 5.61.